The molecule has 5 heteroatoms. The van der Waals surface area contributed by atoms with E-state index in [0.717, 1.165) is 19.4 Å². The van der Waals surface area contributed by atoms with Crippen molar-refractivity contribution in [1.29, 1.82) is 0 Å². The van der Waals surface area contributed by atoms with Crippen molar-refractivity contribution in [1.82, 2.24) is 10.2 Å². The van der Waals surface area contributed by atoms with Crippen LogP contribution in [0.4, 0.5) is 0 Å². The third-order valence-electron chi connectivity index (χ3n) is 4.56. The van der Waals surface area contributed by atoms with Gasteiger partial charge in [-0.1, -0.05) is 26.2 Å². The molecule has 3 atom stereocenters. The molecule has 1 heterocycles. The number of nitrogens with zero attached hydrogens (tertiary/aromatic N) is 1. The molecule has 0 aromatic carbocycles. The van der Waals surface area contributed by atoms with Crippen LogP contribution in [0.5, 0.6) is 0 Å². The van der Waals surface area contributed by atoms with Crippen molar-refractivity contribution >= 4 is 11.9 Å². The van der Waals surface area contributed by atoms with E-state index in [1.807, 2.05) is 0 Å². The first-order chi connectivity index (χ1) is 9.13. The highest BCUT2D eigenvalue weighted by Gasteiger charge is 2.39. The van der Waals surface area contributed by atoms with E-state index < -0.39 is 12.0 Å². The van der Waals surface area contributed by atoms with Gasteiger partial charge in [0.05, 0.1) is 12.5 Å². The van der Waals surface area contributed by atoms with E-state index in [1.54, 1.807) is 0 Å². The lowest BCUT2D eigenvalue weighted by Gasteiger charge is -2.45. The number of rotatable bonds is 4. The number of carboxylic acid groups (broad SMARTS) is 1. The minimum absolute atomic E-state index is 0.0846. The van der Waals surface area contributed by atoms with Gasteiger partial charge in [0.15, 0.2) is 0 Å². The van der Waals surface area contributed by atoms with Gasteiger partial charge in [0, 0.05) is 19.1 Å². The fourth-order valence-electron chi connectivity index (χ4n) is 3.61. The summed E-state index contributed by atoms with van der Waals surface area (Å²) < 4.78 is 0. The summed E-state index contributed by atoms with van der Waals surface area (Å²) in [4.78, 5) is 25.1. The van der Waals surface area contributed by atoms with Crippen LogP contribution in [0.2, 0.25) is 0 Å². The van der Waals surface area contributed by atoms with Crippen molar-refractivity contribution < 1.29 is 14.7 Å². The third-order valence-corrected chi connectivity index (χ3v) is 4.56. The minimum atomic E-state index is -0.893. The van der Waals surface area contributed by atoms with Gasteiger partial charge in [0.25, 0.3) is 0 Å². The summed E-state index contributed by atoms with van der Waals surface area (Å²) in [5, 5.41) is 11.8. The molecule has 0 spiro atoms. The Hall–Kier alpha value is -1.10. The topological polar surface area (TPSA) is 69.6 Å². The first kappa shape index (κ1) is 14.3. The smallest absolute Gasteiger partial charge is 0.305 e. The standard InChI is InChI=1S/C14H24N2O3/c1-2-10-5-3-4-6-11(10)16-8-7-15-14(19)12(16)9-13(17)18/h10-12H,2-9H2,1H3,(H,15,19)(H,17,18). The molecular formula is C14H24N2O3. The Morgan fingerprint density at radius 3 is 2.84 bits per heavy atom. The second-order valence-corrected chi connectivity index (χ2v) is 5.66. The number of carbonyl (C=O) groups excluding carboxylic acids is 1. The predicted molar refractivity (Wildman–Crippen MR) is 71.8 cm³/mol. The fourth-order valence-corrected chi connectivity index (χ4v) is 3.61. The van der Waals surface area contributed by atoms with Crippen LogP contribution in [0, 0.1) is 5.92 Å². The highest BCUT2D eigenvalue weighted by atomic mass is 16.4. The largest absolute Gasteiger partial charge is 0.481 e. The Morgan fingerprint density at radius 1 is 1.42 bits per heavy atom. The molecular weight excluding hydrogens is 244 g/mol. The molecule has 108 valence electrons. The number of amides is 1. The van der Waals surface area contributed by atoms with E-state index in [0.29, 0.717) is 18.5 Å². The Kier molecular flexibility index (Phi) is 4.80. The third kappa shape index (κ3) is 3.26. The van der Waals surface area contributed by atoms with Gasteiger partial charge in [0.2, 0.25) is 5.91 Å². The first-order valence-corrected chi connectivity index (χ1v) is 7.38. The van der Waals surface area contributed by atoms with Gasteiger partial charge in [-0.25, -0.2) is 0 Å². The zero-order valence-corrected chi connectivity index (χ0v) is 11.6. The lowest BCUT2D eigenvalue weighted by molar-refractivity contribution is -0.144. The van der Waals surface area contributed by atoms with E-state index in [9.17, 15) is 9.59 Å². The molecule has 0 aromatic rings. The molecule has 1 saturated carbocycles. The van der Waals surface area contributed by atoms with Crippen molar-refractivity contribution in [3.8, 4) is 0 Å². The maximum Gasteiger partial charge on any atom is 0.305 e. The molecule has 1 aliphatic carbocycles. The molecule has 1 aliphatic heterocycles. The number of hydrogen-bond donors (Lipinski definition) is 2. The number of carboxylic acids is 1. The van der Waals surface area contributed by atoms with Gasteiger partial charge < -0.3 is 10.4 Å². The summed E-state index contributed by atoms with van der Waals surface area (Å²) in [6.45, 7) is 3.62. The van der Waals surface area contributed by atoms with Crippen LogP contribution in [0.3, 0.4) is 0 Å². The number of hydrogen-bond acceptors (Lipinski definition) is 3. The summed E-state index contributed by atoms with van der Waals surface area (Å²) in [7, 11) is 0. The van der Waals surface area contributed by atoms with E-state index >= 15 is 0 Å². The van der Waals surface area contributed by atoms with Crippen molar-refractivity contribution in [2.24, 2.45) is 5.92 Å². The molecule has 2 rings (SSSR count). The van der Waals surface area contributed by atoms with Crippen molar-refractivity contribution in [2.45, 2.75) is 57.5 Å². The van der Waals surface area contributed by atoms with Gasteiger partial charge in [0.1, 0.15) is 0 Å². The van der Waals surface area contributed by atoms with E-state index in [1.165, 1.54) is 19.3 Å². The van der Waals surface area contributed by atoms with Gasteiger partial charge in [-0.05, 0) is 18.8 Å². The summed E-state index contributed by atoms with van der Waals surface area (Å²) in [6.07, 6.45) is 5.79. The van der Waals surface area contributed by atoms with Gasteiger partial charge in [-0.2, -0.15) is 0 Å². The van der Waals surface area contributed by atoms with Gasteiger partial charge in [-0.3, -0.25) is 14.5 Å². The predicted octanol–water partition coefficient (Wildman–Crippen LogP) is 1.23. The van der Waals surface area contributed by atoms with E-state index in [2.05, 4.69) is 17.1 Å². The lowest BCUT2D eigenvalue weighted by Crippen LogP contribution is -2.60. The SMILES string of the molecule is CCC1CCCCC1N1CCNC(=O)C1CC(=O)O. The zero-order valence-electron chi connectivity index (χ0n) is 11.6. The van der Waals surface area contributed by atoms with E-state index in [4.69, 9.17) is 5.11 Å². The molecule has 2 aliphatic rings. The monoisotopic (exact) mass is 268 g/mol. The summed E-state index contributed by atoms with van der Waals surface area (Å²) in [5.41, 5.74) is 0. The molecule has 19 heavy (non-hydrogen) atoms. The molecule has 1 saturated heterocycles. The van der Waals surface area contributed by atoms with Gasteiger partial charge >= 0.3 is 5.97 Å². The minimum Gasteiger partial charge on any atom is -0.481 e. The number of piperazine rings is 1. The molecule has 0 aromatic heterocycles. The van der Waals surface area contributed by atoms with Crippen LogP contribution in [-0.4, -0.2) is 47.1 Å². The Bertz CT molecular complexity index is 346. The average molecular weight is 268 g/mol. The zero-order chi connectivity index (χ0) is 13.8. The Balaban J connectivity index is 2.13. The number of aliphatic carboxylic acids is 1. The highest BCUT2D eigenvalue weighted by molar-refractivity contribution is 5.86. The Morgan fingerprint density at radius 2 is 2.16 bits per heavy atom. The molecule has 2 N–H and O–H groups in total. The molecule has 2 fully saturated rings. The average Bonchev–Trinajstić information content (AvgIpc) is 2.40. The summed E-state index contributed by atoms with van der Waals surface area (Å²) >= 11 is 0. The van der Waals surface area contributed by atoms with Gasteiger partial charge in [-0.15, -0.1) is 0 Å². The fraction of sp³-hybridized carbons (Fsp3) is 0.857. The molecule has 5 nitrogen and oxygen atoms in total. The highest BCUT2D eigenvalue weighted by Crippen LogP contribution is 2.32. The first-order valence-electron chi connectivity index (χ1n) is 7.38. The number of carbonyl (C=O) groups is 2. The maximum atomic E-state index is 12.0. The van der Waals surface area contributed by atoms with E-state index in [-0.39, 0.29) is 12.3 Å². The normalized spacial score (nSPS) is 32.9. The molecule has 3 unspecified atom stereocenters. The second-order valence-electron chi connectivity index (χ2n) is 5.66. The van der Waals surface area contributed by atoms with Crippen LogP contribution in [0.1, 0.15) is 45.4 Å². The van der Waals surface area contributed by atoms with Crippen LogP contribution in [-0.2, 0) is 9.59 Å². The quantitative estimate of drug-likeness (QED) is 0.804. The van der Waals surface area contributed by atoms with Crippen molar-refractivity contribution in [3.05, 3.63) is 0 Å². The molecule has 1 amide bonds. The van der Waals surface area contributed by atoms with Crippen molar-refractivity contribution in [3.63, 3.8) is 0 Å². The molecule has 0 bridgehead atoms. The maximum absolute atomic E-state index is 12.0. The second kappa shape index (κ2) is 6.37. The van der Waals surface area contributed by atoms with Crippen LogP contribution in [0.25, 0.3) is 0 Å². The lowest BCUT2D eigenvalue weighted by atomic mass is 9.81. The number of nitrogens with one attached hydrogen (secondary N) is 1. The summed E-state index contributed by atoms with van der Waals surface area (Å²) in [5.74, 6) is -0.402. The van der Waals surface area contributed by atoms with Crippen molar-refractivity contribution in [2.75, 3.05) is 13.1 Å². The molecule has 0 radical (unpaired) electrons. The Labute approximate surface area is 114 Å². The summed E-state index contributed by atoms with van der Waals surface area (Å²) in [6, 6.07) is -0.0995. The van der Waals surface area contributed by atoms with Crippen LogP contribution >= 0.6 is 0 Å². The van der Waals surface area contributed by atoms with Crippen LogP contribution in [0.15, 0.2) is 0 Å². The van der Waals surface area contributed by atoms with Crippen LogP contribution < -0.4 is 5.32 Å².